The SMILES string of the molecule is C#C/C=C/C[C@@H](O)[C@@H]1C[C@@H]2O[C@@H]([C@@H](Br)CC)C[C@@H]2O1. The van der Waals surface area contributed by atoms with Crippen LogP contribution in [0.2, 0.25) is 0 Å². The molecule has 2 saturated heterocycles. The van der Waals surface area contributed by atoms with Gasteiger partial charge in [-0.3, -0.25) is 0 Å². The van der Waals surface area contributed by atoms with Gasteiger partial charge in [0.25, 0.3) is 0 Å². The molecular formula is C15H21BrO3. The van der Waals surface area contributed by atoms with Crippen molar-refractivity contribution in [2.24, 2.45) is 0 Å². The number of hydrogen-bond acceptors (Lipinski definition) is 3. The molecule has 4 heteroatoms. The molecule has 2 rings (SSSR count). The van der Waals surface area contributed by atoms with E-state index in [1.165, 1.54) is 0 Å². The van der Waals surface area contributed by atoms with E-state index in [0.717, 1.165) is 19.3 Å². The van der Waals surface area contributed by atoms with Gasteiger partial charge in [0, 0.05) is 17.7 Å². The van der Waals surface area contributed by atoms with Crippen LogP contribution in [-0.2, 0) is 9.47 Å². The van der Waals surface area contributed by atoms with Gasteiger partial charge in [0.2, 0.25) is 0 Å². The molecule has 2 fully saturated rings. The van der Waals surface area contributed by atoms with Crippen LogP contribution in [0, 0.1) is 12.3 Å². The number of aliphatic hydroxyl groups excluding tert-OH is 1. The van der Waals surface area contributed by atoms with E-state index in [1.807, 2.05) is 0 Å². The first kappa shape index (κ1) is 15.1. The lowest BCUT2D eigenvalue weighted by molar-refractivity contribution is -0.0330. The zero-order valence-corrected chi connectivity index (χ0v) is 12.8. The molecular weight excluding hydrogens is 308 g/mol. The predicted octanol–water partition coefficient (Wildman–Crippen LogP) is 2.42. The molecule has 2 aliphatic rings. The summed E-state index contributed by atoms with van der Waals surface area (Å²) in [5.74, 6) is 2.42. The molecule has 0 amide bonds. The van der Waals surface area contributed by atoms with Crippen LogP contribution in [-0.4, -0.2) is 40.5 Å². The minimum Gasteiger partial charge on any atom is -0.390 e. The van der Waals surface area contributed by atoms with E-state index in [-0.39, 0.29) is 24.4 Å². The van der Waals surface area contributed by atoms with Crippen LogP contribution in [0.1, 0.15) is 32.6 Å². The van der Waals surface area contributed by atoms with Gasteiger partial charge in [-0.2, -0.15) is 0 Å². The average Bonchev–Trinajstić information content (AvgIpc) is 2.96. The smallest absolute Gasteiger partial charge is 0.0868 e. The van der Waals surface area contributed by atoms with Crippen molar-refractivity contribution >= 4 is 15.9 Å². The van der Waals surface area contributed by atoms with Gasteiger partial charge in [-0.05, 0) is 18.9 Å². The maximum atomic E-state index is 10.0. The van der Waals surface area contributed by atoms with E-state index in [9.17, 15) is 5.11 Å². The van der Waals surface area contributed by atoms with Gasteiger partial charge in [-0.15, -0.1) is 6.42 Å². The number of terminal acetylenes is 1. The van der Waals surface area contributed by atoms with E-state index in [2.05, 4.69) is 28.8 Å². The Bertz CT molecular complexity index is 349. The van der Waals surface area contributed by atoms with Gasteiger partial charge in [-0.25, -0.2) is 0 Å². The second-order valence-corrected chi connectivity index (χ2v) is 6.37. The van der Waals surface area contributed by atoms with Crippen molar-refractivity contribution < 1.29 is 14.6 Å². The molecule has 1 N–H and O–H groups in total. The lowest BCUT2D eigenvalue weighted by atomic mass is 10.0. The maximum Gasteiger partial charge on any atom is 0.0868 e. The predicted molar refractivity (Wildman–Crippen MR) is 78.2 cm³/mol. The highest BCUT2D eigenvalue weighted by Gasteiger charge is 2.46. The summed E-state index contributed by atoms with van der Waals surface area (Å²) in [5, 5.41) is 10.0. The van der Waals surface area contributed by atoms with E-state index < -0.39 is 6.10 Å². The van der Waals surface area contributed by atoms with E-state index in [0.29, 0.717) is 11.2 Å². The number of allylic oxidation sites excluding steroid dienone is 1. The van der Waals surface area contributed by atoms with Gasteiger partial charge < -0.3 is 14.6 Å². The monoisotopic (exact) mass is 328 g/mol. The van der Waals surface area contributed by atoms with Gasteiger partial charge >= 0.3 is 0 Å². The highest BCUT2D eigenvalue weighted by molar-refractivity contribution is 9.09. The van der Waals surface area contributed by atoms with Crippen molar-refractivity contribution in [1.29, 1.82) is 0 Å². The Hall–Kier alpha value is -0.340. The van der Waals surface area contributed by atoms with Crippen molar-refractivity contribution in [1.82, 2.24) is 0 Å². The summed E-state index contributed by atoms with van der Waals surface area (Å²) in [6.45, 7) is 2.14. The molecule has 2 aliphatic heterocycles. The van der Waals surface area contributed by atoms with Crippen molar-refractivity contribution in [3.8, 4) is 12.3 Å². The highest BCUT2D eigenvalue weighted by atomic mass is 79.9. The van der Waals surface area contributed by atoms with Crippen LogP contribution in [0.4, 0.5) is 0 Å². The number of ether oxygens (including phenoxy) is 2. The second-order valence-electron chi connectivity index (χ2n) is 5.19. The molecule has 6 atom stereocenters. The second kappa shape index (κ2) is 6.90. The summed E-state index contributed by atoms with van der Waals surface area (Å²) >= 11 is 3.64. The summed E-state index contributed by atoms with van der Waals surface area (Å²) in [6.07, 6.45) is 11.7. The van der Waals surface area contributed by atoms with Crippen LogP contribution < -0.4 is 0 Å². The first-order chi connectivity index (χ1) is 9.15. The van der Waals surface area contributed by atoms with E-state index in [4.69, 9.17) is 15.9 Å². The summed E-state index contributed by atoms with van der Waals surface area (Å²) < 4.78 is 11.9. The molecule has 0 aliphatic carbocycles. The Morgan fingerprint density at radius 1 is 1.37 bits per heavy atom. The number of hydrogen-bond donors (Lipinski definition) is 1. The number of fused-ring (bicyclic) bond motifs is 1. The number of alkyl halides is 1. The summed E-state index contributed by atoms with van der Waals surface area (Å²) in [4.78, 5) is 0.392. The highest BCUT2D eigenvalue weighted by Crippen LogP contribution is 2.38. The third-order valence-corrected chi connectivity index (χ3v) is 5.09. The van der Waals surface area contributed by atoms with E-state index >= 15 is 0 Å². The van der Waals surface area contributed by atoms with Crippen molar-refractivity contribution in [3.63, 3.8) is 0 Å². The van der Waals surface area contributed by atoms with Gasteiger partial charge in [0.05, 0.1) is 30.5 Å². The van der Waals surface area contributed by atoms with Crippen LogP contribution in [0.25, 0.3) is 0 Å². The Morgan fingerprint density at radius 3 is 2.63 bits per heavy atom. The van der Waals surface area contributed by atoms with Crippen molar-refractivity contribution in [2.45, 2.75) is 68.0 Å². The molecule has 3 nitrogen and oxygen atoms in total. The van der Waals surface area contributed by atoms with Crippen molar-refractivity contribution in [3.05, 3.63) is 12.2 Å². The largest absolute Gasteiger partial charge is 0.390 e. The Labute approximate surface area is 123 Å². The van der Waals surface area contributed by atoms with Crippen LogP contribution in [0.15, 0.2) is 12.2 Å². The molecule has 0 spiro atoms. The third kappa shape index (κ3) is 3.61. The molecule has 0 radical (unpaired) electrons. The minimum absolute atomic E-state index is 0.131. The number of aliphatic hydroxyl groups is 1. The minimum atomic E-state index is -0.497. The van der Waals surface area contributed by atoms with E-state index in [1.54, 1.807) is 12.2 Å². The zero-order valence-electron chi connectivity index (χ0n) is 11.2. The summed E-state index contributed by atoms with van der Waals surface area (Å²) in [5.41, 5.74) is 0. The molecule has 0 aromatic heterocycles. The standard InChI is InChI=1S/C15H21BrO3/c1-3-5-6-7-11(17)13-9-15-14(19-13)8-12(18-15)10(16)4-2/h1,5-6,10-15,17H,4,7-9H2,2H3/b6-5+/t10-,11+,12+,13-,14-,15-/m0/s1. The van der Waals surface area contributed by atoms with Crippen LogP contribution in [0.5, 0.6) is 0 Å². The molecule has 0 aromatic carbocycles. The molecule has 106 valence electrons. The van der Waals surface area contributed by atoms with Crippen LogP contribution >= 0.6 is 15.9 Å². The normalized spacial score (nSPS) is 37.2. The lowest BCUT2D eigenvalue weighted by Gasteiger charge is -2.21. The third-order valence-electron chi connectivity index (χ3n) is 3.86. The molecule has 0 unspecified atom stereocenters. The Balaban J connectivity index is 1.81. The first-order valence-corrected chi connectivity index (χ1v) is 7.81. The number of halogens is 1. The topological polar surface area (TPSA) is 38.7 Å². The number of rotatable bonds is 5. The van der Waals surface area contributed by atoms with Gasteiger partial charge in [-0.1, -0.05) is 34.9 Å². The molecule has 0 bridgehead atoms. The fourth-order valence-corrected chi connectivity index (χ4v) is 3.12. The summed E-state index contributed by atoms with van der Waals surface area (Å²) in [6, 6.07) is 0. The zero-order chi connectivity index (χ0) is 13.8. The Kier molecular flexibility index (Phi) is 5.47. The molecule has 2 heterocycles. The lowest BCUT2D eigenvalue weighted by Crippen LogP contribution is -2.28. The molecule has 0 aromatic rings. The quantitative estimate of drug-likeness (QED) is 0.622. The van der Waals surface area contributed by atoms with Crippen molar-refractivity contribution in [2.75, 3.05) is 0 Å². The molecule has 0 saturated carbocycles. The maximum absolute atomic E-state index is 10.0. The Morgan fingerprint density at radius 2 is 2.00 bits per heavy atom. The van der Waals surface area contributed by atoms with Gasteiger partial charge in [0.1, 0.15) is 0 Å². The van der Waals surface area contributed by atoms with Crippen LogP contribution in [0.3, 0.4) is 0 Å². The summed E-state index contributed by atoms with van der Waals surface area (Å²) in [7, 11) is 0. The average molecular weight is 329 g/mol. The first-order valence-electron chi connectivity index (χ1n) is 6.89. The fourth-order valence-electron chi connectivity index (χ4n) is 2.78. The fraction of sp³-hybridized carbons (Fsp3) is 0.733. The van der Waals surface area contributed by atoms with Gasteiger partial charge in [0.15, 0.2) is 0 Å². The molecule has 19 heavy (non-hydrogen) atoms.